The average Bonchev–Trinajstić information content (AvgIpc) is 2.33. The Kier molecular flexibility index (Phi) is 6.06. The second-order valence-corrected chi connectivity index (χ2v) is 3.97. The molecule has 0 bridgehead atoms. The quantitative estimate of drug-likeness (QED) is 0.327. The summed E-state index contributed by atoms with van der Waals surface area (Å²) >= 11 is 0. The van der Waals surface area contributed by atoms with E-state index in [1.54, 1.807) is 6.92 Å². The molecule has 5 N–H and O–H groups in total. The first kappa shape index (κ1) is 15.5. The molecule has 0 spiro atoms. The Labute approximate surface area is 94.2 Å². The maximum Gasteiger partial charge on any atom is 0.151 e. The van der Waals surface area contributed by atoms with E-state index in [0.29, 0.717) is 6.42 Å². The van der Waals surface area contributed by atoms with Crippen LogP contribution in [0.3, 0.4) is 0 Å². The van der Waals surface area contributed by atoms with Crippen molar-refractivity contribution in [3.63, 3.8) is 0 Å². The van der Waals surface area contributed by atoms with Crippen LogP contribution in [0.2, 0.25) is 0 Å². The van der Waals surface area contributed by atoms with Crippen molar-refractivity contribution in [2.24, 2.45) is 5.92 Å². The maximum absolute atomic E-state index is 10.5. The van der Waals surface area contributed by atoms with Gasteiger partial charge >= 0.3 is 0 Å². The molecule has 6 nitrogen and oxygen atoms in total. The zero-order valence-electron chi connectivity index (χ0n) is 9.45. The fraction of sp³-hybridized carbons (Fsp3) is 0.900. The summed E-state index contributed by atoms with van der Waals surface area (Å²) in [6, 6.07) is 0. The molecule has 0 rings (SSSR count). The minimum absolute atomic E-state index is 0.0967. The molecular formula is C10H20O6. The molecule has 0 saturated carbocycles. The molecule has 0 aromatic carbocycles. The minimum Gasteiger partial charge on any atom is -0.394 e. The number of carbonyl (C=O) groups excluding carboxylic acids is 1. The molecule has 0 heterocycles. The van der Waals surface area contributed by atoms with Gasteiger partial charge in [-0.05, 0) is 5.92 Å². The van der Waals surface area contributed by atoms with Gasteiger partial charge in [0, 0.05) is 0 Å². The van der Waals surface area contributed by atoms with Crippen molar-refractivity contribution in [2.75, 3.05) is 6.61 Å². The van der Waals surface area contributed by atoms with Gasteiger partial charge in [-0.2, -0.15) is 0 Å². The summed E-state index contributed by atoms with van der Waals surface area (Å²) in [6.07, 6.45) is -4.75. The summed E-state index contributed by atoms with van der Waals surface area (Å²) < 4.78 is 0. The van der Waals surface area contributed by atoms with Crippen LogP contribution in [0.25, 0.3) is 0 Å². The molecule has 0 aliphatic rings. The largest absolute Gasteiger partial charge is 0.394 e. The molecule has 1 unspecified atom stereocenters. The summed E-state index contributed by atoms with van der Waals surface area (Å²) in [5.74, 6) is -0.621. The van der Waals surface area contributed by atoms with Crippen LogP contribution in [0, 0.1) is 5.92 Å². The van der Waals surface area contributed by atoms with Gasteiger partial charge in [0.15, 0.2) is 6.29 Å². The van der Waals surface area contributed by atoms with Gasteiger partial charge in [-0.1, -0.05) is 20.3 Å². The fourth-order valence-corrected chi connectivity index (χ4v) is 1.60. The van der Waals surface area contributed by atoms with Gasteiger partial charge in [0.2, 0.25) is 0 Å². The topological polar surface area (TPSA) is 118 Å². The maximum atomic E-state index is 10.5. The highest BCUT2D eigenvalue weighted by atomic mass is 16.4. The monoisotopic (exact) mass is 236 g/mol. The minimum atomic E-state index is -2.17. The third-order valence-electron chi connectivity index (χ3n) is 3.03. The van der Waals surface area contributed by atoms with E-state index >= 15 is 0 Å². The van der Waals surface area contributed by atoms with E-state index in [-0.39, 0.29) is 6.29 Å². The second kappa shape index (κ2) is 6.27. The molecule has 0 aromatic heterocycles. The number of hydrogen-bond acceptors (Lipinski definition) is 6. The predicted molar refractivity (Wildman–Crippen MR) is 55.6 cm³/mol. The molecule has 0 aliphatic heterocycles. The summed E-state index contributed by atoms with van der Waals surface area (Å²) in [4.78, 5) is 10.5. The van der Waals surface area contributed by atoms with E-state index in [9.17, 15) is 25.2 Å². The Bertz CT molecular complexity index is 221. The van der Waals surface area contributed by atoms with Crippen molar-refractivity contribution in [1.29, 1.82) is 0 Å². The van der Waals surface area contributed by atoms with E-state index in [4.69, 9.17) is 5.11 Å². The second-order valence-electron chi connectivity index (χ2n) is 3.97. The number of aldehydes is 1. The molecule has 0 aromatic rings. The summed E-state index contributed by atoms with van der Waals surface area (Å²) in [5.41, 5.74) is -2.17. The van der Waals surface area contributed by atoms with Gasteiger partial charge in [0.1, 0.15) is 23.9 Å². The van der Waals surface area contributed by atoms with Crippen LogP contribution in [-0.2, 0) is 4.79 Å². The molecule has 0 amide bonds. The number of hydrogen-bond donors (Lipinski definition) is 5. The lowest BCUT2D eigenvalue weighted by Gasteiger charge is -2.40. The Morgan fingerprint density at radius 3 is 2.12 bits per heavy atom. The van der Waals surface area contributed by atoms with E-state index in [1.807, 2.05) is 0 Å². The van der Waals surface area contributed by atoms with Gasteiger partial charge in [0.05, 0.1) is 6.61 Å². The Morgan fingerprint density at radius 2 is 1.81 bits per heavy atom. The van der Waals surface area contributed by atoms with Gasteiger partial charge in [0.25, 0.3) is 0 Å². The van der Waals surface area contributed by atoms with Crippen LogP contribution in [0.15, 0.2) is 0 Å². The van der Waals surface area contributed by atoms with Crippen LogP contribution in [0.4, 0.5) is 0 Å². The van der Waals surface area contributed by atoms with Crippen molar-refractivity contribution in [3.8, 4) is 0 Å². The highest BCUT2D eigenvalue weighted by Gasteiger charge is 2.49. The van der Waals surface area contributed by atoms with E-state index < -0.39 is 36.4 Å². The first-order valence-corrected chi connectivity index (χ1v) is 5.18. The molecule has 96 valence electrons. The first-order valence-electron chi connectivity index (χ1n) is 5.18. The van der Waals surface area contributed by atoms with Gasteiger partial charge in [-0.15, -0.1) is 0 Å². The van der Waals surface area contributed by atoms with Gasteiger partial charge < -0.3 is 30.3 Å². The summed E-state index contributed by atoms with van der Waals surface area (Å²) in [7, 11) is 0. The van der Waals surface area contributed by atoms with Crippen molar-refractivity contribution in [3.05, 3.63) is 0 Å². The molecule has 0 saturated heterocycles. The Morgan fingerprint density at radius 1 is 1.31 bits per heavy atom. The van der Waals surface area contributed by atoms with E-state index in [2.05, 4.69) is 0 Å². The van der Waals surface area contributed by atoms with E-state index in [1.165, 1.54) is 6.92 Å². The van der Waals surface area contributed by atoms with Crippen LogP contribution in [0.1, 0.15) is 20.3 Å². The summed E-state index contributed by atoms with van der Waals surface area (Å²) in [6.45, 7) is 2.46. The highest BCUT2D eigenvalue weighted by Crippen LogP contribution is 2.29. The average molecular weight is 236 g/mol. The zero-order valence-corrected chi connectivity index (χ0v) is 9.45. The van der Waals surface area contributed by atoms with Crippen molar-refractivity contribution in [1.82, 2.24) is 0 Å². The lowest BCUT2D eigenvalue weighted by atomic mass is 9.76. The fourth-order valence-electron chi connectivity index (χ4n) is 1.60. The number of aliphatic hydroxyl groups is 5. The number of carbonyl (C=O) groups is 1. The van der Waals surface area contributed by atoms with Crippen LogP contribution in [-0.4, -0.2) is 62.3 Å². The molecule has 0 fully saturated rings. The lowest BCUT2D eigenvalue weighted by Crippen LogP contribution is -2.61. The first-order chi connectivity index (χ1) is 7.35. The standard InChI is InChI=1S/C10H20O6/c1-3-6(2)10(16,8(14)5-12)9(15)7(13)4-11/h5-9,11,13-16H,3-4H2,1-2H3/t6?,7-,8+,9-,10-/m1/s1. The smallest absolute Gasteiger partial charge is 0.151 e. The summed E-state index contributed by atoms with van der Waals surface area (Å²) in [5, 5.41) is 47.1. The van der Waals surface area contributed by atoms with Crippen molar-refractivity contribution >= 4 is 6.29 Å². The van der Waals surface area contributed by atoms with Crippen LogP contribution < -0.4 is 0 Å². The molecule has 0 aliphatic carbocycles. The zero-order chi connectivity index (χ0) is 12.9. The third kappa shape index (κ3) is 2.78. The lowest BCUT2D eigenvalue weighted by molar-refractivity contribution is -0.201. The molecule has 16 heavy (non-hydrogen) atoms. The molecule has 0 radical (unpaired) electrons. The van der Waals surface area contributed by atoms with E-state index in [0.717, 1.165) is 0 Å². The van der Waals surface area contributed by atoms with Crippen molar-refractivity contribution in [2.45, 2.75) is 44.2 Å². The normalized spacial score (nSPS) is 22.9. The third-order valence-corrected chi connectivity index (χ3v) is 3.03. The molecular weight excluding hydrogens is 216 g/mol. The van der Waals surface area contributed by atoms with Crippen molar-refractivity contribution < 1.29 is 30.3 Å². The Hall–Kier alpha value is -0.530. The Balaban J connectivity index is 5.13. The molecule has 6 heteroatoms. The highest BCUT2D eigenvalue weighted by molar-refractivity contribution is 5.58. The van der Waals surface area contributed by atoms with Crippen LogP contribution in [0.5, 0.6) is 0 Å². The number of aliphatic hydroxyl groups excluding tert-OH is 4. The van der Waals surface area contributed by atoms with Gasteiger partial charge in [-0.3, -0.25) is 0 Å². The number of rotatable bonds is 7. The van der Waals surface area contributed by atoms with Crippen LogP contribution >= 0.6 is 0 Å². The molecule has 5 atom stereocenters. The SMILES string of the molecule is CCC(C)[C@](O)([C@H](O)[C@H](O)CO)[C@@H](O)C=O. The van der Waals surface area contributed by atoms with Gasteiger partial charge in [-0.25, -0.2) is 0 Å². The predicted octanol–water partition coefficient (Wildman–Crippen LogP) is -1.96.